The molecular weight excluding hydrogens is 438 g/mol. The van der Waals surface area contributed by atoms with Gasteiger partial charge in [-0.3, -0.25) is 4.79 Å². The zero-order chi connectivity index (χ0) is 24.4. The van der Waals surface area contributed by atoms with Crippen molar-refractivity contribution in [1.29, 1.82) is 0 Å². The highest BCUT2D eigenvalue weighted by Gasteiger charge is 2.34. The quantitative estimate of drug-likeness (QED) is 0.205. The summed E-state index contributed by atoms with van der Waals surface area (Å²) in [5.74, 6) is 7.75. The van der Waals surface area contributed by atoms with E-state index in [4.69, 9.17) is 4.74 Å². The molecule has 0 unspecified atom stereocenters. The Kier molecular flexibility index (Phi) is 10.1. The summed E-state index contributed by atoms with van der Waals surface area (Å²) in [6, 6.07) is 8.65. The Balaban J connectivity index is 1.90. The molecule has 0 amide bonds. The number of thioether (sulfide) groups is 1. The lowest BCUT2D eigenvalue weighted by Gasteiger charge is -2.38. The van der Waals surface area contributed by atoms with E-state index >= 15 is 0 Å². The third-order valence-electron chi connectivity index (χ3n) is 7.07. The molecule has 0 spiro atoms. The van der Waals surface area contributed by atoms with E-state index in [2.05, 4.69) is 49.7 Å². The molecule has 0 fully saturated rings. The maximum atomic E-state index is 11.7. The number of nitrogens with zero attached hydrogens (tertiary/aromatic N) is 1. The van der Waals surface area contributed by atoms with Crippen LogP contribution in [0.4, 0.5) is 0 Å². The number of rotatable bonds is 10. The van der Waals surface area contributed by atoms with Gasteiger partial charge in [0.15, 0.2) is 0 Å². The number of unbranched alkanes of at least 4 members (excludes halogenated alkanes) is 3. The summed E-state index contributed by atoms with van der Waals surface area (Å²) in [4.78, 5) is 17.7. The summed E-state index contributed by atoms with van der Waals surface area (Å²) >= 11 is 2.01. The number of hydrogen-bond acceptors (Lipinski definition) is 4. The topological polar surface area (TPSA) is 39.2 Å². The number of esters is 1. The van der Waals surface area contributed by atoms with Crippen molar-refractivity contribution in [2.24, 2.45) is 0 Å². The first kappa shape index (κ1) is 26.4. The number of aromatic nitrogens is 1. The minimum absolute atomic E-state index is 0.224. The van der Waals surface area contributed by atoms with Crippen LogP contribution in [0.15, 0.2) is 35.4 Å². The van der Waals surface area contributed by atoms with Crippen LogP contribution in [0.1, 0.15) is 101 Å². The van der Waals surface area contributed by atoms with Crippen LogP contribution in [0, 0.1) is 11.8 Å². The first-order chi connectivity index (χ1) is 16.5. The Bertz CT molecular complexity index is 1010. The van der Waals surface area contributed by atoms with Crippen molar-refractivity contribution in [2.45, 2.75) is 95.8 Å². The Morgan fingerprint density at radius 3 is 2.59 bits per heavy atom. The zero-order valence-corrected chi connectivity index (χ0v) is 22.2. The average Bonchev–Trinajstić information content (AvgIpc) is 2.86. The molecule has 3 rings (SSSR count). The van der Waals surface area contributed by atoms with Crippen LogP contribution in [-0.2, 0) is 27.8 Å². The third kappa shape index (κ3) is 6.66. The predicted molar refractivity (Wildman–Crippen MR) is 142 cm³/mol. The van der Waals surface area contributed by atoms with Crippen molar-refractivity contribution in [3.63, 3.8) is 0 Å². The Morgan fingerprint density at radius 2 is 1.91 bits per heavy atom. The van der Waals surface area contributed by atoms with Gasteiger partial charge in [-0.05, 0) is 91.0 Å². The number of carbonyl (C=O) groups excluding carboxylic acids is 1. The summed E-state index contributed by atoms with van der Waals surface area (Å²) in [6.07, 6.45) is 11.7. The van der Waals surface area contributed by atoms with Gasteiger partial charge < -0.3 is 4.74 Å². The van der Waals surface area contributed by atoms with Gasteiger partial charge >= 0.3 is 5.97 Å². The molecule has 182 valence electrons. The van der Waals surface area contributed by atoms with Crippen molar-refractivity contribution in [3.05, 3.63) is 58.4 Å². The summed E-state index contributed by atoms with van der Waals surface area (Å²) < 4.78 is 5.03. The lowest BCUT2D eigenvalue weighted by molar-refractivity contribution is -0.142. The second-order valence-corrected chi connectivity index (χ2v) is 10.3. The molecule has 0 bridgehead atoms. The van der Waals surface area contributed by atoms with Crippen LogP contribution < -0.4 is 0 Å². The molecule has 1 aromatic carbocycles. The summed E-state index contributed by atoms with van der Waals surface area (Å²) in [6.45, 7) is 9.13. The van der Waals surface area contributed by atoms with Gasteiger partial charge in [0.25, 0.3) is 0 Å². The molecule has 0 atom stereocenters. The lowest BCUT2D eigenvalue weighted by atomic mass is 9.72. The van der Waals surface area contributed by atoms with E-state index in [-0.39, 0.29) is 17.8 Å². The fraction of sp³-hybridized carbons (Fsp3) is 0.533. The number of pyridine rings is 1. The second kappa shape index (κ2) is 13.0. The average molecular weight is 478 g/mol. The van der Waals surface area contributed by atoms with Crippen molar-refractivity contribution in [1.82, 2.24) is 4.98 Å². The molecule has 0 radical (unpaired) electrons. The van der Waals surface area contributed by atoms with E-state index in [1.165, 1.54) is 66.7 Å². The normalized spacial score (nSPS) is 14.1. The van der Waals surface area contributed by atoms with Gasteiger partial charge in [-0.25, -0.2) is 4.98 Å². The fourth-order valence-electron chi connectivity index (χ4n) is 4.81. The van der Waals surface area contributed by atoms with Gasteiger partial charge in [-0.2, -0.15) is 0 Å². The highest BCUT2D eigenvalue weighted by molar-refractivity contribution is 7.99. The molecule has 0 N–H and O–H groups in total. The highest BCUT2D eigenvalue weighted by Crippen LogP contribution is 2.47. The van der Waals surface area contributed by atoms with Crippen LogP contribution in [-0.4, -0.2) is 23.3 Å². The molecule has 3 nitrogen and oxygen atoms in total. The first-order valence-electron chi connectivity index (χ1n) is 13.0. The maximum absolute atomic E-state index is 11.7. The molecule has 2 heterocycles. The van der Waals surface area contributed by atoms with Gasteiger partial charge in [0.2, 0.25) is 0 Å². The van der Waals surface area contributed by atoms with Crippen LogP contribution in [0.5, 0.6) is 0 Å². The molecular formula is C30H39NO2S. The zero-order valence-electron chi connectivity index (χ0n) is 21.3. The minimum atomic E-state index is -0.224. The lowest BCUT2D eigenvalue weighted by Crippen LogP contribution is -2.29. The summed E-state index contributed by atoms with van der Waals surface area (Å²) in [5, 5.41) is 0. The van der Waals surface area contributed by atoms with Crippen LogP contribution >= 0.6 is 11.8 Å². The largest absolute Gasteiger partial charge is 0.466 e. The number of benzene rings is 1. The van der Waals surface area contributed by atoms with E-state index in [0.717, 1.165) is 23.2 Å². The number of fused-ring (bicyclic) bond motifs is 1. The summed E-state index contributed by atoms with van der Waals surface area (Å²) in [5.41, 5.74) is 5.87. The van der Waals surface area contributed by atoms with Crippen molar-refractivity contribution in [3.8, 4) is 11.8 Å². The Morgan fingerprint density at radius 1 is 1.09 bits per heavy atom. The van der Waals surface area contributed by atoms with E-state index in [1.807, 2.05) is 30.8 Å². The number of aryl methyl sites for hydroxylation is 1. The number of carbonyl (C=O) groups is 1. The van der Waals surface area contributed by atoms with Crippen molar-refractivity contribution in [2.75, 3.05) is 12.4 Å². The fourth-order valence-corrected chi connectivity index (χ4v) is 6.18. The van der Waals surface area contributed by atoms with Gasteiger partial charge in [-0.1, -0.05) is 52.0 Å². The molecule has 1 aliphatic heterocycles. The number of ether oxygens (including phenoxy) is 1. The smallest absolute Gasteiger partial charge is 0.310 e. The van der Waals surface area contributed by atoms with Gasteiger partial charge in [0.05, 0.1) is 13.0 Å². The first-order valence-corrected chi connectivity index (χ1v) is 14.0. The number of hydrogen-bond donors (Lipinski definition) is 0. The van der Waals surface area contributed by atoms with E-state index in [0.29, 0.717) is 6.61 Å². The predicted octanol–water partition coefficient (Wildman–Crippen LogP) is 7.26. The molecule has 0 aliphatic carbocycles. The van der Waals surface area contributed by atoms with Gasteiger partial charge in [0, 0.05) is 16.7 Å². The van der Waals surface area contributed by atoms with E-state index < -0.39 is 0 Å². The molecule has 2 aromatic rings. The molecule has 1 aliphatic rings. The molecule has 34 heavy (non-hydrogen) atoms. The second-order valence-electron chi connectivity index (χ2n) is 9.19. The van der Waals surface area contributed by atoms with Gasteiger partial charge in [-0.15, -0.1) is 11.8 Å². The van der Waals surface area contributed by atoms with Crippen molar-refractivity contribution < 1.29 is 9.53 Å². The SMILES string of the molecule is CCCCCCc1cc2c(cc1C#Cc1ccc(CC(=O)OCC)cn1)C(CC)(CC)CCS2. The minimum Gasteiger partial charge on any atom is -0.466 e. The monoisotopic (exact) mass is 477 g/mol. The molecule has 1 aromatic heterocycles. The molecule has 0 saturated carbocycles. The van der Waals surface area contributed by atoms with Crippen LogP contribution in [0.25, 0.3) is 0 Å². The highest BCUT2D eigenvalue weighted by atomic mass is 32.2. The van der Waals surface area contributed by atoms with E-state index in [9.17, 15) is 4.79 Å². The molecule has 0 saturated heterocycles. The Labute approximate surface area is 210 Å². The van der Waals surface area contributed by atoms with Gasteiger partial charge in [0.1, 0.15) is 5.69 Å². The van der Waals surface area contributed by atoms with E-state index in [1.54, 1.807) is 6.20 Å². The maximum Gasteiger partial charge on any atom is 0.310 e. The van der Waals surface area contributed by atoms with Crippen molar-refractivity contribution >= 4 is 17.7 Å². The van der Waals surface area contributed by atoms with Crippen LogP contribution in [0.2, 0.25) is 0 Å². The standard InChI is InChI=1S/C30H39NO2S/c1-5-9-10-11-12-24-21-28-27(30(6-2,7-3)17-18-34-28)20-25(24)14-16-26-15-13-23(22-31-26)19-29(32)33-8-4/h13,15,20-22H,5-12,17-19H2,1-4H3. The summed E-state index contributed by atoms with van der Waals surface area (Å²) in [7, 11) is 0. The molecule has 4 heteroatoms. The van der Waals surface area contributed by atoms with Crippen LogP contribution in [0.3, 0.4) is 0 Å². The third-order valence-corrected chi connectivity index (χ3v) is 8.13. The Hall–Kier alpha value is -2.25.